The molecular weight excluding hydrogens is 250 g/mol. The lowest BCUT2D eigenvalue weighted by atomic mass is 9.93. The van der Waals surface area contributed by atoms with Gasteiger partial charge < -0.3 is 5.32 Å². The molecule has 2 N–H and O–H groups in total. The van der Waals surface area contributed by atoms with Crippen LogP contribution in [0, 0.1) is 0 Å². The summed E-state index contributed by atoms with van der Waals surface area (Å²) in [5, 5.41) is 3.28. The SMILES string of the molecule is CC(C)c1cccc(C(C)C)c1Nc1nccc(=O)[nH]1. The van der Waals surface area contributed by atoms with E-state index in [-0.39, 0.29) is 5.56 Å². The first-order valence-corrected chi connectivity index (χ1v) is 6.94. The Kier molecular flexibility index (Phi) is 4.23. The van der Waals surface area contributed by atoms with Crippen LogP contribution in [0.15, 0.2) is 35.3 Å². The lowest BCUT2D eigenvalue weighted by Gasteiger charge is -2.20. The zero-order valence-electron chi connectivity index (χ0n) is 12.4. The third-order valence-electron chi connectivity index (χ3n) is 3.29. The summed E-state index contributed by atoms with van der Waals surface area (Å²) >= 11 is 0. The highest BCUT2D eigenvalue weighted by Crippen LogP contribution is 2.33. The van der Waals surface area contributed by atoms with Gasteiger partial charge in [0, 0.05) is 18.0 Å². The van der Waals surface area contributed by atoms with Crippen molar-refractivity contribution in [3.05, 3.63) is 51.9 Å². The first-order valence-electron chi connectivity index (χ1n) is 6.94. The van der Waals surface area contributed by atoms with Crippen LogP contribution >= 0.6 is 0 Å². The van der Waals surface area contributed by atoms with Crippen molar-refractivity contribution in [3.8, 4) is 0 Å². The van der Waals surface area contributed by atoms with E-state index in [9.17, 15) is 4.79 Å². The molecule has 0 unspecified atom stereocenters. The van der Waals surface area contributed by atoms with Crippen LogP contribution in [-0.2, 0) is 0 Å². The number of hydrogen-bond donors (Lipinski definition) is 2. The smallest absolute Gasteiger partial charge is 0.252 e. The Morgan fingerprint density at radius 1 is 1.05 bits per heavy atom. The van der Waals surface area contributed by atoms with Gasteiger partial charge in [-0.1, -0.05) is 45.9 Å². The summed E-state index contributed by atoms with van der Waals surface area (Å²) in [7, 11) is 0. The average Bonchev–Trinajstić information content (AvgIpc) is 2.38. The third kappa shape index (κ3) is 3.07. The number of aromatic nitrogens is 2. The van der Waals surface area contributed by atoms with Gasteiger partial charge in [-0.2, -0.15) is 0 Å². The molecule has 0 radical (unpaired) electrons. The lowest BCUT2D eigenvalue weighted by Crippen LogP contribution is -2.11. The Balaban J connectivity index is 2.50. The molecule has 0 saturated carbocycles. The van der Waals surface area contributed by atoms with E-state index in [1.165, 1.54) is 23.4 Å². The van der Waals surface area contributed by atoms with Gasteiger partial charge in [-0.15, -0.1) is 0 Å². The van der Waals surface area contributed by atoms with Crippen molar-refractivity contribution >= 4 is 11.6 Å². The van der Waals surface area contributed by atoms with Gasteiger partial charge in [-0.3, -0.25) is 9.78 Å². The van der Waals surface area contributed by atoms with Crippen LogP contribution in [0.5, 0.6) is 0 Å². The molecule has 0 aliphatic carbocycles. The van der Waals surface area contributed by atoms with Gasteiger partial charge in [0.2, 0.25) is 5.95 Å². The van der Waals surface area contributed by atoms with E-state index in [0.717, 1.165) is 5.69 Å². The number of hydrogen-bond acceptors (Lipinski definition) is 3. The quantitative estimate of drug-likeness (QED) is 0.890. The van der Waals surface area contributed by atoms with Crippen molar-refractivity contribution < 1.29 is 0 Å². The van der Waals surface area contributed by atoms with Gasteiger partial charge in [0.1, 0.15) is 0 Å². The molecule has 106 valence electrons. The molecule has 0 aliphatic heterocycles. The molecule has 0 atom stereocenters. The molecule has 20 heavy (non-hydrogen) atoms. The molecule has 1 heterocycles. The predicted octanol–water partition coefficient (Wildman–Crippen LogP) is 3.76. The summed E-state index contributed by atoms with van der Waals surface area (Å²) < 4.78 is 0. The van der Waals surface area contributed by atoms with Crippen LogP contribution in [0.4, 0.5) is 11.6 Å². The highest BCUT2D eigenvalue weighted by molar-refractivity contribution is 5.65. The lowest BCUT2D eigenvalue weighted by molar-refractivity contribution is 0.837. The molecule has 2 aromatic rings. The highest BCUT2D eigenvalue weighted by Gasteiger charge is 2.14. The molecule has 0 bridgehead atoms. The second-order valence-corrected chi connectivity index (χ2v) is 5.53. The minimum atomic E-state index is -0.157. The van der Waals surface area contributed by atoms with E-state index < -0.39 is 0 Å². The molecule has 2 rings (SSSR count). The molecule has 4 nitrogen and oxygen atoms in total. The van der Waals surface area contributed by atoms with Crippen molar-refractivity contribution in [3.63, 3.8) is 0 Å². The van der Waals surface area contributed by atoms with E-state index in [1.54, 1.807) is 0 Å². The van der Waals surface area contributed by atoms with Crippen LogP contribution in [-0.4, -0.2) is 9.97 Å². The molecule has 0 saturated heterocycles. The summed E-state index contributed by atoms with van der Waals surface area (Å²) in [5.41, 5.74) is 3.34. The third-order valence-corrected chi connectivity index (χ3v) is 3.29. The molecule has 0 spiro atoms. The van der Waals surface area contributed by atoms with Gasteiger partial charge in [0.15, 0.2) is 0 Å². The molecule has 0 fully saturated rings. The Morgan fingerprint density at radius 3 is 2.15 bits per heavy atom. The van der Waals surface area contributed by atoms with E-state index in [1.807, 2.05) is 0 Å². The first kappa shape index (κ1) is 14.3. The Morgan fingerprint density at radius 2 is 1.65 bits per heavy atom. The fourth-order valence-corrected chi connectivity index (χ4v) is 2.25. The summed E-state index contributed by atoms with van der Waals surface area (Å²) in [6.45, 7) is 8.63. The predicted molar refractivity (Wildman–Crippen MR) is 82.8 cm³/mol. The zero-order chi connectivity index (χ0) is 14.7. The van der Waals surface area contributed by atoms with E-state index >= 15 is 0 Å². The zero-order valence-corrected chi connectivity index (χ0v) is 12.4. The van der Waals surface area contributed by atoms with Gasteiger partial charge in [-0.05, 0) is 23.0 Å². The summed E-state index contributed by atoms with van der Waals surface area (Å²) in [4.78, 5) is 18.3. The van der Waals surface area contributed by atoms with Gasteiger partial charge >= 0.3 is 0 Å². The maximum absolute atomic E-state index is 11.4. The Bertz CT molecular complexity index is 618. The number of anilines is 2. The van der Waals surface area contributed by atoms with E-state index in [4.69, 9.17) is 0 Å². The van der Waals surface area contributed by atoms with Crippen molar-refractivity contribution in [2.24, 2.45) is 0 Å². The number of para-hydroxylation sites is 1. The van der Waals surface area contributed by atoms with Crippen molar-refractivity contribution in [1.29, 1.82) is 0 Å². The number of benzene rings is 1. The molecule has 0 aliphatic rings. The van der Waals surface area contributed by atoms with Crippen LogP contribution in [0.2, 0.25) is 0 Å². The number of H-pyrrole nitrogens is 1. The number of rotatable bonds is 4. The first-order chi connectivity index (χ1) is 9.49. The second-order valence-electron chi connectivity index (χ2n) is 5.53. The maximum atomic E-state index is 11.4. The second kappa shape index (κ2) is 5.90. The van der Waals surface area contributed by atoms with Gasteiger partial charge in [0.25, 0.3) is 5.56 Å². The Hall–Kier alpha value is -2.10. The van der Waals surface area contributed by atoms with Gasteiger partial charge in [0.05, 0.1) is 0 Å². The van der Waals surface area contributed by atoms with Crippen molar-refractivity contribution in [2.45, 2.75) is 39.5 Å². The van der Waals surface area contributed by atoms with E-state index in [2.05, 4.69) is 61.2 Å². The Labute approximate surface area is 119 Å². The molecular formula is C16H21N3O. The molecule has 4 heteroatoms. The summed E-state index contributed by atoms with van der Waals surface area (Å²) in [6, 6.07) is 7.71. The van der Waals surface area contributed by atoms with Crippen molar-refractivity contribution in [2.75, 3.05) is 5.32 Å². The summed E-state index contributed by atoms with van der Waals surface area (Å²) in [6.07, 6.45) is 1.51. The van der Waals surface area contributed by atoms with Crippen LogP contribution in [0.1, 0.15) is 50.7 Å². The largest absolute Gasteiger partial charge is 0.325 e. The topological polar surface area (TPSA) is 57.8 Å². The molecule has 1 aromatic carbocycles. The standard InChI is InChI=1S/C16H21N3O/c1-10(2)12-6-5-7-13(11(3)4)15(12)19-16-17-9-8-14(20)18-16/h5-11H,1-4H3,(H2,17,18,19,20). The normalized spacial score (nSPS) is 11.1. The van der Waals surface area contributed by atoms with Crippen LogP contribution in [0.3, 0.4) is 0 Å². The number of nitrogens with zero attached hydrogens (tertiary/aromatic N) is 1. The maximum Gasteiger partial charge on any atom is 0.252 e. The van der Waals surface area contributed by atoms with Gasteiger partial charge in [-0.25, -0.2) is 4.98 Å². The fourth-order valence-electron chi connectivity index (χ4n) is 2.25. The van der Waals surface area contributed by atoms with Crippen molar-refractivity contribution in [1.82, 2.24) is 9.97 Å². The number of aromatic amines is 1. The molecule has 1 aromatic heterocycles. The monoisotopic (exact) mass is 271 g/mol. The minimum Gasteiger partial charge on any atom is -0.325 e. The fraction of sp³-hybridized carbons (Fsp3) is 0.375. The number of nitrogens with one attached hydrogen (secondary N) is 2. The minimum absolute atomic E-state index is 0.157. The molecule has 0 amide bonds. The average molecular weight is 271 g/mol. The van der Waals surface area contributed by atoms with Crippen LogP contribution in [0.25, 0.3) is 0 Å². The van der Waals surface area contributed by atoms with Crippen LogP contribution < -0.4 is 10.9 Å². The summed E-state index contributed by atoms with van der Waals surface area (Å²) in [5.74, 6) is 1.27. The highest BCUT2D eigenvalue weighted by atomic mass is 16.1. The van der Waals surface area contributed by atoms with E-state index in [0.29, 0.717) is 17.8 Å².